The second kappa shape index (κ2) is 3.81. The van der Waals surface area contributed by atoms with E-state index in [0.717, 1.165) is 25.2 Å². The quantitative estimate of drug-likeness (QED) is 0.843. The lowest BCUT2D eigenvalue weighted by Crippen LogP contribution is -2.54. The summed E-state index contributed by atoms with van der Waals surface area (Å²) in [5, 5.41) is 7.01. The van der Waals surface area contributed by atoms with Crippen LogP contribution in [0.4, 0.5) is 0 Å². The molecule has 1 amide bonds. The third-order valence-corrected chi connectivity index (χ3v) is 4.83. The average Bonchev–Trinajstić information content (AvgIpc) is 2.87. The molecule has 3 rings (SSSR count). The van der Waals surface area contributed by atoms with Crippen LogP contribution in [0.5, 0.6) is 0 Å². The molecular weight excluding hydrogens is 240 g/mol. The predicted octanol–water partition coefficient (Wildman–Crippen LogP) is 2.12. The highest BCUT2D eigenvalue weighted by Crippen LogP contribution is 2.50. The molecule has 1 saturated carbocycles. The number of hydrogen-bond acceptors (Lipinski definition) is 3. The second-order valence-electron chi connectivity index (χ2n) is 7.10. The highest BCUT2D eigenvalue weighted by molar-refractivity contribution is 5.91. The average molecular weight is 262 g/mol. The maximum Gasteiger partial charge on any atom is 0.293 e. The molecule has 1 saturated heterocycles. The number of fused-ring (bicyclic) bond motifs is 1. The normalized spacial score (nSPS) is 30.1. The maximum atomic E-state index is 12.6. The van der Waals surface area contributed by atoms with Crippen molar-refractivity contribution < 1.29 is 4.79 Å². The summed E-state index contributed by atoms with van der Waals surface area (Å²) in [6.07, 6.45) is 3.49. The van der Waals surface area contributed by atoms with Gasteiger partial charge < -0.3 is 4.90 Å². The number of aromatic nitrogens is 3. The zero-order valence-corrected chi connectivity index (χ0v) is 12.2. The topological polar surface area (TPSA) is 61.9 Å². The van der Waals surface area contributed by atoms with Gasteiger partial charge in [-0.1, -0.05) is 20.8 Å². The summed E-state index contributed by atoms with van der Waals surface area (Å²) in [7, 11) is 0. The fourth-order valence-corrected chi connectivity index (χ4v) is 3.26. The number of nitrogens with zero attached hydrogens (tertiary/aromatic N) is 3. The van der Waals surface area contributed by atoms with Gasteiger partial charge in [-0.2, -0.15) is 0 Å². The molecule has 5 nitrogen and oxygen atoms in total. The van der Waals surface area contributed by atoms with Gasteiger partial charge in [0.1, 0.15) is 5.82 Å². The van der Waals surface area contributed by atoms with Crippen molar-refractivity contribution in [3.05, 3.63) is 11.6 Å². The highest BCUT2D eigenvalue weighted by Gasteiger charge is 2.53. The first-order valence-electron chi connectivity index (χ1n) is 7.07. The van der Waals surface area contributed by atoms with E-state index in [4.69, 9.17) is 0 Å². The molecule has 0 radical (unpaired) electrons. The summed E-state index contributed by atoms with van der Waals surface area (Å²) in [5.74, 6) is 1.75. The predicted molar refractivity (Wildman–Crippen MR) is 71.9 cm³/mol. The zero-order chi connectivity index (χ0) is 13.8. The van der Waals surface area contributed by atoms with Gasteiger partial charge in [-0.25, -0.2) is 4.98 Å². The van der Waals surface area contributed by atoms with Crippen molar-refractivity contribution in [3.63, 3.8) is 0 Å². The second-order valence-corrected chi connectivity index (χ2v) is 7.10. The van der Waals surface area contributed by atoms with Crippen molar-refractivity contribution in [3.8, 4) is 0 Å². The van der Waals surface area contributed by atoms with Gasteiger partial charge in [-0.3, -0.25) is 9.89 Å². The first-order valence-corrected chi connectivity index (χ1v) is 7.07. The smallest absolute Gasteiger partial charge is 0.293 e. The number of H-pyrrole nitrogens is 1. The first kappa shape index (κ1) is 12.6. The summed E-state index contributed by atoms with van der Waals surface area (Å²) in [6.45, 7) is 9.21. The Hall–Kier alpha value is -1.39. The molecular formula is C14H22N4O. The number of carbonyl (C=O) groups is 1. The molecule has 2 heterocycles. The molecule has 104 valence electrons. The van der Waals surface area contributed by atoms with Crippen LogP contribution in [-0.4, -0.2) is 38.1 Å². The number of nitrogens with one attached hydrogen (secondary N) is 1. The van der Waals surface area contributed by atoms with E-state index < -0.39 is 0 Å². The summed E-state index contributed by atoms with van der Waals surface area (Å²) >= 11 is 0. The minimum absolute atomic E-state index is 0.0172. The molecule has 5 heteroatoms. The van der Waals surface area contributed by atoms with Crippen molar-refractivity contribution in [1.29, 1.82) is 0 Å². The molecule has 1 aliphatic heterocycles. The number of amides is 1. The Kier molecular flexibility index (Phi) is 2.53. The summed E-state index contributed by atoms with van der Waals surface area (Å²) < 4.78 is 0. The van der Waals surface area contributed by atoms with Crippen molar-refractivity contribution in [2.45, 2.75) is 57.9 Å². The molecule has 1 aliphatic carbocycles. The minimum Gasteiger partial charge on any atom is -0.330 e. The Labute approximate surface area is 113 Å². The Morgan fingerprint density at radius 3 is 2.63 bits per heavy atom. The Morgan fingerprint density at radius 1 is 1.42 bits per heavy atom. The Bertz CT molecular complexity index is 516. The molecule has 0 spiro atoms. The molecule has 2 aliphatic rings. The van der Waals surface area contributed by atoms with Crippen LogP contribution in [0, 0.1) is 5.92 Å². The lowest BCUT2D eigenvalue weighted by Gasteiger charge is -2.47. The maximum absolute atomic E-state index is 12.6. The van der Waals surface area contributed by atoms with Crippen molar-refractivity contribution in [2.75, 3.05) is 6.54 Å². The van der Waals surface area contributed by atoms with E-state index in [2.05, 4.69) is 42.9 Å². The largest absolute Gasteiger partial charge is 0.330 e. The molecule has 19 heavy (non-hydrogen) atoms. The van der Waals surface area contributed by atoms with Gasteiger partial charge in [-0.05, 0) is 32.1 Å². The summed E-state index contributed by atoms with van der Waals surface area (Å²) in [4.78, 5) is 18.9. The van der Waals surface area contributed by atoms with Gasteiger partial charge in [-0.15, -0.1) is 5.10 Å². The number of rotatable bonds is 1. The standard InChI is InChI=1S/C14H22N4O/c1-13(2,3)12-15-10(16-17-12)11(19)18-8-6-9-5-7-14(9,18)4/h9H,5-8H2,1-4H3,(H,15,16,17)/t9-,14-/m0/s1. The highest BCUT2D eigenvalue weighted by atomic mass is 16.2. The number of carbonyl (C=O) groups excluding carboxylic acids is 1. The van der Waals surface area contributed by atoms with Crippen LogP contribution in [0.2, 0.25) is 0 Å². The van der Waals surface area contributed by atoms with Gasteiger partial charge in [0.2, 0.25) is 5.82 Å². The van der Waals surface area contributed by atoms with E-state index in [1.165, 1.54) is 6.42 Å². The molecule has 0 unspecified atom stereocenters. The molecule has 1 N–H and O–H groups in total. The van der Waals surface area contributed by atoms with Crippen LogP contribution in [-0.2, 0) is 5.41 Å². The van der Waals surface area contributed by atoms with Gasteiger partial charge in [0, 0.05) is 17.5 Å². The van der Waals surface area contributed by atoms with Crippen molar-refractivity contribution in [2.24, 2.45) is 5.92 Å². The van der Waals surface area contributed by atoms with Crippen LogP contribution in [0.15, 0.2) is 0 Å². The number of hydrogen-bond donors (Lipinski definition) is 1. The molecule has 2 atom stereocenters. The molecule has 0 bridgehead atoms. The van der Waals surface area contributed by atoms with Crippen LogP contribution in [0.25, 0.3) is 0 Å². The van der Waals surface area contributed by atoms with Crippen molar-refractivity contribution >= 4 is 5.91 Å². The van der Waals surface area contributed by atoms with Crippen LogP contribution >= 0.6 is 0 Å². The Balaban J connectivity index is 1.83. The van der Waals surface area contributed by atoms with E-state index in [-0.39, 0.29) is 16.9 Å². The van der Waals surface area contributed by atoms with E-state index in [1.54, 1.807) is 0 Å². The van der Waals surface area contributed by atoms with E-state index in [9.17, 15) is 4.79 Å². The fraction of sp³-hybridized carbons (Fsp3) is 0.786. The minimum atomic E-state index is -0.112. The lowest BCUT2D eigenvalue weighted by molar-refractivity contribution is 0.0270. The van der Waals surface area contributed by atoms with Crippen LogP contribution in [0.3, 0.4) is 0 Å². The van der Waals surface area contributed by atoms with Gasteiger partial charge in [0.15, 0.2) is 0 Å². The zero-order valence-electron chi connectivity index (χ0n) is 12.2. The van der Waals surface area contributed by atoms with E-state index in [1.807, 2.05) is 4.90 Å². The number of aromatic amines is 1. The third-order valence-electron chi connectivity index (χ3n) is 4.83. The van der Waals surface area contributed by atoms with Gasteiger partial charge in [0.25, 0.3) is 5.91 Å². The monoisotopic (exact) mass is 262 g/mol. The Morgan fingerprint density at radius 2 is 2.16 bits per heavy atom. The first-order chi connectivity index (χ1) is 8.82. The van der Waals surface area contributed by atoms with Gasteiger partial charge in [0.05, 0.1) is 0 Å². The molecule has 1 aromatic rings. The summed E-state index contributed by atoms with van der Waals surface area (Å²) in [6, 6.07) is 0. The lowest BCUT2D eigenvalue weighted by atomic mass is 9.68. The van der Waals surface area contributed by atoms with E-state index in [0.29, 0.717) is 11.7 Å². The fourth-order valence-electron chi connectivity index (χ4n) is 3.26. The summed E-state index contributed by atoms with van der Waals surface area (Å²) in [5.41, 5.74) is -0.0565. The van der Waals surface area contributed by atoms with Crippen LogP contribution in [0.1, 0.15) is 63.4 Å². The van der Waals surface area contributed by atoms with E-state index >= 15 is 0 Å². The SMILES string of the molecule is CC(C)(C)c1nc(C(=O)N2CC[C@@H]3CC[C@@]32C)n[nH]1. The van der Waals surface area contributed by atoms with Crippen LogP contribution < -0.4 is 0 Å². The molecule has 2 fully saturated rings. The van der Waals surface area contributed by atoms with Gasteiger partial charge >= 0.3 is 0 Å². The van der Waals surface area contributed by atoms with Crippen molar-refractivity contribution in [1.82, 2.24) is 20.1 Å². The third kappa shape index (κ3) is 1.78. The molecule has 0 aromatic carbocycles. The number of likely N-dealkylation sites (tertiary alicyclic amines) is 1. The molecule has 1 aromatic heterocycles.